The second-order valence-electron chi connectivity index (χ2n) is 2.46. The van der Waals surface area contributed by atoms with Gasteiger partial charge in [-0.2, -0.15) is 0 Å². The molecule has 4 heteroatoms. The molecule has 0 aliphatic carbocycles. The number of ketones is 1. The maximum Gasteiger partial charge on any atom is 0.312 e. The summed E-state index contributed by atoms with van der Waals surface area (Å²) in [5, 5.41) is 2.35. The van der Waals surface area contributed by atoms with Gasteiger partial charge in [-0.1, -0.05) is 19.9 Å². The van der Waals surface area contributed by atoms with Crippen LogP contribution in [0.5, 0.6) is 0 Å². The van der Waals surface area contributed by atoms with Crippen LogP contribution in [0.3, 0.4) is 0 Å². The Labute approximate surface area is 71.8 Å². The van der Waals surface area contributed by atoms with E-state index in [1.54, 1.807) is 0 Å². The van der Waals surface area contributed by atoms with Gasteiger partial charge in [0.25, 0.3) is 0 Å². The van der Waals surface area contributed by atoms with E-state index in [9.17, 15) is 9.59 Å². The highest BCUT2D eigenvalue weighted by Crippen LogP contribution is 1.98. The maximum atomic E-state index is 11.0. The highest BCUT2D eigenvalue weighted by Gasteiger charge is 2.14. The van der Waals surface area contributed by atoms with Crippen molar-refractivity contribution in [1.29, 1.82) is 0 Å². The lowest BCUT2D eigenvalue weighted by molar-refractivity contribution is -0.116. The Bertz CT molecular complexity index is 189. The molecule has 0 aliphatic heterocycles. The van der Waals surface area contributed by atoms with Crippen molar-refractivity contribution >= 4 is 11.8 Å². The fourth-order valence-electron chi connectivity index (χ4n) is 0.888. The smallest absolute Gasteiger partial charge is 0.312 e. The van der Waals surface area contributed by atoms with Gasteiger partial charge in [0.1, 0.15) is 0 Å². The number of urea groups is 1. The molecule has 1 atom stereocenters. The van der Waals surface area contributed by atoms with Gasteiger partial charge in [0.05, 0.1) is 6.04 Å². The normalized spacial score (nSPS) is 11.8. The fraction of sp³-hybridized carbons (Fsp3) is 0.500. The van der Waals surface area contributed by atoms with E-state index < -0.39 is 12.1 Å². The second kappa shape index (κ2) is 5.35. The Morgan fingerprint density at radius 2 is 2.25 bits per heavy atom. The number of nitrogens with two attached hydrogens (primary N) is 1. The Kier molecular flexibility index (Phi) is 4.76. The van der Waals surface area contributed by atoms with Crippen LogP contribution in [0.2, 0.25) is 0 Å². The van der Waals surface area contributed by atoms with Crippen LogP contribution < -0.4 is 11.1 Å². The van der Waals surface area contributed by atoms with Crippen molar-refractivity contribution < 1.29 is 9.59 Å². The Morgan fingerprint density at radius 1 is 1.67 bits per heavy atom. The number of amides is 2. The largest absolute Gasteiger partial charge is 0.352 e. The summed E-state index contributed by atoms with van der Waals surface area (Å²) in [5.74, 6) is -0.198. The van der Waals surface area contributed by atoms with Crippen molar-refractivity contribution in [2.75, 3.05) is 0 Å². The zero-order valence-electron chi connectivity index (χ0n) is 7.17. The molecule has 0 aliphatic rings. The van der Waals surface area contributed by atoms with Crippen LogP contribution in [0.15, 0.2) is 12.7 Å². The number of primary amides is 1. The van der Waals surface area contributed by atoms with Gasteiger partial charge in [-0.15, -0.1) is 0 Å². The van der Waals surface area contributed by atoms with Crippen LogP contribution in [0.25, 0.3) is 0 Å². The molecule has 0 saturated carbocycles. The first-order valence-corrected chi connectivity index (χ1v) is 3.84. The third-order valence-electron chi connectivity index (χ3n) is 1.44. The van der Waals surface area contributed by atoms with Crippen molar-refractivity contribution in [3.63, 3.8) is 0 Å². The molecule has 3 N–H and O–H groups in total. The molecular weight excluding hydrogens is 156 g/mol. The van der Waals surface area contributed by atoms with E-state index in [4.69, 9.17) is 5.73 Å². The van der Waals surface area contributed by atoms with Crippen LogP contribution in [0.4, 0.5) is 4.79 Å². The van der Waals surface area contributed by atoms with E-state index in [1.807, 2.05) is 6.92 Å². The van der Waals surface area contributed by atoms with Gasteiger partial charge in [-0.3, -0.25) is 4.79 Å². The predicted molar refractivity (Wildman–Crippen MR) is 46.6 cm³/mol. The molecule has 2 amide bonds. The minimum atomic E-state index is -0.677. The van der Waals surface area contributed by atoms with Crippen LogP contribution in [-0.4, -0.2) is 17.9 Å². The monoisotopic (exact) mass is 170 g/mol. The molecule has 0 heterocycles. The number of carbonyl (C=O) groups excluding carboxylic acids is 2. The molecule has 4 nitrogen and oxygen atoms in total. The van der Waals surface area contributed by atoms with Crippen molar-refractivity contribution in [3.05, 3.63) is 12.7 Å². The summed E-state index contributed by atoms with van der Waals surface area (Å²) in [6, 6.07) is -1.19. The van der Waals surface area contributed by atoms with Crippen LogP contribution >= 0.6 is 0 Å². The van der Waals surface area contributed by atoms with Gasteiger partial charge in [-0.05, 0) is 12.5 Å². The summed E-state index contributed by atoms with van der Waals surface area (Å²) < 4.78 is 0. The van der Waals surface area contributed by atoms with Crippen molar-refractivity contribution in [2.45, 2.75) is 25.8 Å². The average Bonchev–Trinajstić information content (AvgIpc) is 2.01. The number of hydrogen-bond donors (Lipinski definition) is 2. The number of nitrogens with one attached hydrogen (secondary N) is 1. The van der Waals surface area contributed by atoms with Gasteiger partial charge in [-0.25, -0.2) is 4.79 Å². The van der Waals surface area contributed by atoms with E-state index in [0.717, 1.165) is 6.42 Å². The number of hydrogen-bond acceptors (Lipinski definition) is 2. The molecule has 0 rings (SSSR count). The molecule has 0 aromatic carbocycles. The fourth-order valence-corrected chi connectivity index (χ4v) is 0.888. The van der Waals surface area contributed by atoms with Crippen molar-refractivity contribution in [3.8, 4) is 0 Å². The molecule has 68 valence electrons. The second-order valence-corrected chi connectivity index (χ2v) is 2.46. The summed E-state index contributed by atoms with van der Waals surface area (Å²) in [5.41, 5.74) is 4.88. The molecule has 1 unspecified atom stereocenters. The van der Waals surface area contributed by atoms with E-state index >= 15 is 0 Å². The molecule has 0 spiro atoms. The van der Waals surface area contributed by atoms with E-state index in [1.165, 1.54) is 6.08 Å². The minimum Gasteiger partial charge on any atom is -0.352 e. The Balaban J connectivity index is 4.11. The third kappa shape index (κ3) is 3.75. The first-order valence-electron chi connectivity index (χ1n) is 3.84. The predicted octanol–water partition coefficient (Wildman–Crippen LogP) is 0.579. The molecule has 12 heavy (non-hydrogen) atoms. The van der Waals surface area contributed by atoms with Crippen molar-refractivity contribution in [1.82, 2.24) is 5.32 Å². The topological polar surface area (TPSA) is 72.2 Å². The van der Waals surface area contributed by atoms with Gasteiger partial charge >= 0.3 is 6.03 Å². The summed E-state index contributed by atoms with van der Waals surface area (Å²) >= 11 is 0. The zero-order valence-corrected chi connectivity index (χ0v) is 7.17. The van der Waals surface area contributed by atoms with Crippen LogP contribution in [-0.2, 0) is 4.79 Å². The first-order chi connectivity index (χ1) is 5.61. The number of rotatable bonds is 5. The van der Waals surface area contributed by atoms with Gasteiger partial charge in [0.2, 0.25) is 0 Å². The molecule has 0 bridgehead atoms. The highest BCUT2D eigenvalue weighted by atomic mass is 16.2. The first kappa shape index (κ1) is 10.7. The van der Waals surface area contributed by atoms with E-state index in [-0.39, 0.29) is 5.78 Å². The lowest BCUT2D eigenvalue weighted by atomic mass is 10.1. The number of carbonyl (C=O) groups is 2. The van der Waals surface area contributed by atoms with Crippen LogP contribution in [0, 0.1) is 0 Å². The van der Waals surface area contributed by atoms with Gasteiger partial charge in [0, 0.05) is 0 Å². The van der Waals surface area contributed by atoms with Gasteiger partial charge in [0.15, 0.2) is 5.78 Å². The van der Waals surface area contributed by atoms with Crippen LogP contribution in [0.1, 0.15) is 19.8 Å². The lowest BCUT2D eigenvalue weighted by Crippen LogP contribution is -2.42. The van der Waals surface area contributed by atoms with E-state index in [2.05, 4.69) is 11.9 Å². The summed E-state index contributed by atoms with van der Waals surface area (Å²) in [7, 11) is 0. The lowest BCUT2D eigenvalue weighted by Gasteiger charge is -2.12. The molecule has 0 saturated heterocycles. The summed E-state index contributed by atoms with van der Waals surface area (Å²) in [6.07, 6.45) is 2.59. The Morgan fingerprint density at radius 3 is 2.58 bits per heavy atom. The summed E-state index contributed by atoms with van der Waals surface area (Å²) in [4.78, 5) is 21.5. The third-order valence-corrected chi connectivity index (χ3v) is 1.44. The molecular formula is C8H14N2O2. The summed E-state index contributed by atoms with van der Waals surface area (Å²) in [6.45, 7) is 5.25. The molecule has 0 radical (unpaired) electrons. The quantitative estimate of drug-likeness (QED) is 0.592. The van der Waals surface area contributed by atoms with E-state index in [0.29, 0.717) is 6.42 Å². The Hall–Kier alpha value is -1.32. The zero-order chi connectivity index (χ0) is 9.56. The van der Waals surface area contributed by atoms with Gasteiger partial charge < -0.3 is 11.1 Å². The molecule has 0 fully saturated rings. The maximum absolute atomic E-state index is 11.0. The minimum absolute atomic E-state index is 0.198. The molecule has 0 aromatic rings. The SMILES string of the molecule is C=CC(=O)C(CCC)NC(N)=O. The molecule has 0 aromatic heterocycles. The van der Waals surface area contributed by atoms with Crippen molar-refractivity contribution in [2.24, 2.45) is 5.73 Å². The average molecular weight is 170 g/mol. The highest BCUT2D eigenvalue weighted by molar-refractivity contribution is 5.96. The standard InChI is InChI=1S/C8H14N2O2/c1-3-5-6(7(11)4-2)10-8(9)12/h4,6H,2-3,5H2,1H3,(H3,9,10,12).